The van der Waals surface area contributed by atoms with Crippen LogP contribution in [0.4, 0.5) is 0 Å². The van der Waals surface area contributed by atoms with Crippen LogP contribution in [0.1, 0.15) is 12.5 Å². The molecule has 1 N–H and O–H groups in total. The maximum Gasteiger partial charge on any atom is 0.127 e. The predicted molar refractivity (Wildman–Crippen MR) is 70.7 cm³/mol. The summed E-state index contributed by atoms with van der Waals surface area (Å²) in [5, 5.41) is 4.03. The van der Waals surface area contributed by atoms with Crippen molar-refractivity contribution in [1.29, 1.82) is 0 Å². The van der Waals surface area contributed by atoms with Gasteiger partial charge in [0.05, 0.1) is 0 Å². The lowest BCUT2D eigenvalue weighted by Gasteiger charge is -2.18. The number of benzene rings is 1. The van der Waals surface area contributed by atoms with Gasteiger partial charge in [0, 0.05) is 17.1 Å². The van der Waals surface area contributed by atoms with Crippen LogP contribution in [0, 0.1) is 0 Å². The summed E-state index contributed by atoms with van der Waals surface area (Å²) >= 11 is 5.93. The van der Waals surface area contributed by atoms with E-state index in [4.69, 9.17) is 16.3 Å². The van der Waals surface area contributed by atoms with Crippen molar-refractivity contribution in [1.82, 2.24) is 5.32 Å². The normalized spacial score (nSPS) is 13.2. The molecule has 0 amide bonds. The maximum absolute atomic E-state index is 5.93. The third-order valence-corrected chi connectivity index (χ3v) is 2.58. The molecule has 0 fully saturated rings. The Labute approximate surface area is 107 Å². The van der Waals surface area contributed by atoms with Crippen molar-refractivity contribution in [2.45, 2.75) is 6.92 Å². The van der Waals surface area contributed by atoms with Gasteiger partial charge in [-0.25, -0.2) is 0 Å². The SMILES string of the molecule is CCNCC1=Cc2cc(Cl)ccc2OC1.Cl. The lowest BCUT2D eigenvalue weighted by Crippen LogP contribution is -2.21. The zero-order valence-electron chi connectivity index (χ0n) is 9.13. The summed E-state index contributed by atoms with van der Waals surface area (Å²) in [6.07, 6.45) is 2.15. The van der Waals surface area contributed by atoms with Crippen molar-refractivity contribution < 1.29 is 4.74 Å². The molecule has 16 heavy (non-hydrogen) atoms. The van der Waals surface area contributed by atoms with E-state index in [2.05, 4.69) is 18.3 Å². The fourth-order valence-corrected chi connectivity index (χ4v) is 1.76. The van der Waals surface area contributed by atoms with Gasteiger partial charge in [-0.15, -0.1) is 12.4 Å². The van der Waals surface area contributed by atoms with E-state index in [0.29, 0.717) is 6.61 Å². The van der Waals surface area contributed by atoms with E-state index in [-0.39, 0.29) is 12.4 Å². The monoisotopic (exact) mass is 259 g/mol. The molecule has 0 aliphatic carbocycles. The van der Waals surface area contributed by atoms with Crippen LogP contribution >= 0.6 is 24.0 Å². The molecule has 1 aliphatic heterocycles. The van der Waals surface area contributed by atoms with Gasteiger partial charge in [0.15, 0.2) is 0 Å². The fraction of sp³-hybridized carbons (Fsp3) is 0.333. The first kappa shape index (κ1) is 13.4. The van der Waals surface area contributed by atoms with E-state index in [0.717, 1.165) is 29.4 Å². The highest BCUT2D eigenvalue weighted by Crippen LogP contribution is 2.28. The molecule has 0 radical (unpaired) electrons. The summed E-state index contributed by atoms with van der Waals surface area (Å²) in [5.41, 5.74) is 2.33. The molecule has 2 nitrogen and oxygen atoms in total. The maximum atomic E-state index is 5.93. The number of hydrogen-bond donors (Lipinski definition) is 1. The molecule has 1 aromatic rings. The zero-order valence-corrected chi connectivity index (χ0v) is 10.7. The Kier molecular flexibility index (Phi) is 5.13. The molecule has 0 spiro atoms. The Morgan fingerprint density at radius 1 is 1.44 bits per heavy atom. The predicted octanol–water partition coefficient (Wildman–Crippen LogP) is 3.15. The van der Waals surface area contributed by atoms with Crippen LogP contribution in [0.15, 0.2) is 23.8 Å². The second-order valence-corrected chi connectivity index (χ2v) is 3.99. The first-order valence-electron chi connectivity index (χ1n) is 5.12. The van der Waals surface area contributed by atoms with Crippen molar-refractivity contribution >= 4 is 30.1 Å². The molecule has 0 bridgehead atoms. The van der Waals surface area contributed by atoms with Crippen molar-refractivity contribution in [2.24, 2.45) is 0 Å². The number of ether oxygens (including phenoxy) is 1. The topological polar surface area (TPSA) is 21.3 Å². The van der Waals surface area contributed by atoms with E-state index in [1.54, 1.807) is 0 Å². The largest absolute Gasteiger partial charge is 0.489 e. The third-order valence-electron chi connectivity index (χ3n) is 2.35. The second-order valence-electron chi connectivity index (χ2n) is 3.55. The van der Waals surface area contributed by atoms with Crippen LogP contribution < -0.4 is 10.1 Å². The molecule has 0 saturated carbocycles. The van der Waals surface area contributed by atoms with E-state index >= 15 is 0 Å². The fourth-order valence-electron chi connectivity index (χ4n) is 1.58. The minimum absolute atomic E-state index is 0. The summed E-state index contributed by atoms with van der Waals surface area (Å²) < 4.78 is 5.62. The molecule has 88 valence electrons. The molecule has 4 heteroatoms. The number of rotatable bonds is 3. The van der Waals surface area contributed by atoms with Gasteiger partial charge >= 0.3 is 0 Å². The molecule has 2 rings (SSSR count). The minimum atomic E-state index is 0. The van der Waals surface area contributed by atoms with Gasteiger partial charge in [-0.3, -0.25) is 0 Å². The summed E-state index contributed by atoms with van der Waals surface area (Å²) in [7, 11) is 0. The summed E-state index contributed by atoms with van der Waals surface area (Å²) in [4.78, 5) is 0. The Balaban J connectivity index is 0.00000128. The average molecular weight is 260 g/mol. The lowest BCUT2D eigenvalue weighted by atomic mass is 10.1. The molecule has 1 heterocycles. The van der Waals surface area contributed by atoms with E-state index in [1.165, 1.54) is 5.57 Å². The molecule has 0 unspecified atom stereocenters. The summed E-state index contributed by atoms with van der Waals surface area (Å²) in [5.74, 6) is 0.916. The van der Waals surface area contributed by atoms with Gasteiger partial charge in [0.1, 0.15) is 12.4 Å². The third kappa shape index (κ3) is 3.14. The minimum Gasteiger partial charge on any atom is -0.489 e. The number of likely N-dealkylation sites (N-methyl/N-ethyl adjacent to an activating group) is 1. The smallest absolute Gasteiger partial charge is 0.127 e. The number of hydrogen-bond acceptors (Lipinski definition) is 2. The van der Waals surface area contributed by atoms with Crippen molar-refractivity contribution in [3.63, 3.8) is 0 Å². The number of halogens is 2. The Morgan fingerprint density at radius 2 is 2.25 bits per heavy atom. The Morgan fingerprint density at radius 3 is 3.00 bits per heavy atom. The number of fused-ring (bicyclic) bond motifs is 1. The van der Waals surface area contributed by atoms with E-state index < -0.39 is 0 Å². The van der Waals surface area contributed by atoms with Crippen LogP contribution in [-0.2, 0) is 0 Å². The molecular formula is C12H15Cl2NO. The molecule has 0 saturated heterocycles. The average Bonchev–Trinajstić information content (AvgIpc) is 2.25. The van der Waals surface area contributed by atoms with Gasteiger partial charge in [-0.05, 0) is 36.4 Å². The van der Waals surface area contributed by atoms with Crippen LogP contribution in [-0.4, -0.2) is 19.7 Å². The molecule has 1 aliphatic rings. The first-order chi connectivity index (χ1) is 7.29. The summed E-state index contributed by atoms with van der Waals surface area (Å²) in [6.45, 7) is 4.61. The van der Waals surface area contributed by atoms with Crippen LogP contribution in [0.5, 0.6) is 5.75 Å². The van der Waals surface area contributed by atoms with Crippen molar-refractivity contribution in [3.05, 3.63) is 34.4 Å². The highest BCUT2D eigenvalue weighted by atomic mass is 35.5. The quantitative estimate of drug-likeness (QED) is 0.901. The number of nitrogens with one attached hydrogen (secondary N) is 1. The standard InChI is InChI=1S/C12H14ClNO.ClH/c1-2-14-7-9-5-10-6-11(13)3-4-12(10)15-8-9;/h3-6,14H,2,7-8H2,1H3;1H. The zero-order chi connectivity index (χ0) is 10.7. The second kappa shape index (κ2) is 6.14. The van der Waals surface area contributed by atoms with Gasteiger partial charge in [0.2, 0.25) is 0 Å². The van der Waals surface area contributed by atoms with Crippen molar-refractivity contribution in [2.75, 3.05) is 19.7 Å². The van der Waals surface area contributed by atoms with Gasteiger partial charge < -0.3 is 10.1 Å². The molecule has 0 atom stereocenters. The molecule has 0 aromatic heterocycles. The van der Waals surface area contributed by atoms with Crippen molar-refractivity contribution in [3.8, 4) is 5.75 Å². The molecule has 1 aromatic carbocycles. The highest BCUT2D eigenvalue weighted by Gasteiger charge is 2.10. The Hall–Kier alpha value is -0.700. The van der Waals surface area contributed by atoms with E-state index in [1.807, 2.05) is 18.2 Å². The van der Waals surface area contributed by atoms with Gasteiger partial charge in [-0.1, -0.05) is 18.5 Å². The summed E-state index contributed by atoms with van der Waals surface area (Å²) in [6, 6.07) is 5.70. The van der Waals surface area contributed by atoms with Gasteiger partial charge in [-0.2, -0.15) is 0 Å². The molecular weight excluding hydrogens is 245 g/mol. The van der Waals surface area contributed by atoms with Gasteiger partial charge in [0.25, 0.3) is 0 Å². The van der Waals surface area contributed by atoms with E-state index in [9.17, 15) is 0 Å². The lowest BCUT2D eigenvalue weighted by molar-refractivity contribution is 0.343. The van der Waals surface area contributed by atoms with Crippen LogP contribution in [0.2, 0.25) is 5.02 Å². The van der Waals surface area contributed by atoms with Crippen LogP contribution in [0.3, 0.4) is 0 Å². The van der Waals surface area contributed by atoms with Crippen LogP contribution in [0.25, 0.3) is 6.08 Å². The Bertz CT molecular complexity index is 391. The first-order valence-corrected chi connectivity index (χ1v) is 5.50. The highest BCUT2D eigenvalue weighted by molar-refractivity contribution is 6.30.